The van der Waals surface area contributed by atoms with Gasteiger partial charge >= 0.3 is 0 Å². The van der Waals surface area contributed by atoms with Gasteiger partial charge in [-0.05, 0) is 91.8 Å². The summed E-state index contributed by atoms with van der Waals surface area (Å²) < 4.78 is 0. The van der Waals surface area contributed by atoms with Gasteiger partial charge in [-0.3, -0.25) is 19.7 Å². The number of aliphatic hydroxyl groups is 1. The molecule has 1 unspecified atom stereocenters. The lowest BCUT2D eigenvalue weighted by Gasteiger charge is -2.27. The minimum atomic E-state index is -1.02. The molecule has 0 heterocycles. The van der Waals surface area contributed by atoms with Crippen LogP contribution in [0.5, 0.6) is 0 Å². The van der Waals surface area contributed by atoms with Crippen LogP contribution in [0.2, 0.25) is 0 Å². The molecule has 0 bridgehead atoms. The van der Waals surface area contributed by atoms with Gasteiger partial charge in [-0.15, -0.1) is 0 Å². The summed E-state index contributed by atoms with van der Waals surface area (Å²) in [6, 6.07) is 8.55. The van der Waals surface area contributed by atoms with E-state index in [9.17, 15) is 19.5 Å². The third-order valence-electron chi connectivity index (χ3n) is 7.66. The first-order chi connectivity index (χ1) is 21.4. The highest BCUT2D eigenvalue weighted by atomic mass is 16.3. The van der Waals surface area contributed by atoms with E-state index in [0.29, 0.717) is 38.8 Å². The van der Waals surface area contributed by atoms with Crippen LogP contribution >= 0.6 is 0 Å². The van der Waals surface area contributed by atoms with Crippen molar-refractivity contribution in [2.24, 2.45) is 0 Å². The van der Waals surface area contributed by atoms with Gasteiger partial charge in [-0.25, -0.2) is 0 Å². The van der Waals surface area contributed by atoms with E-state index in [4.69, 9.17) is 0 Å². The number of hydrogen-bond acceptors (Lipinski definition) is 9. The SMILES string of the molecule is CNCCCC[C@H](NC)C(=O)NCCCC[C@H](NC(=O)[C@H](CCCCNC)NC)C(O)NCCC(=O)NCc1ccccc1. The summed E-state index contributed by atoms with van der Waals surface area (Å²) in [5.74, 6) is -0.292. The molecule has 9 N–H and O–H groups in total. The Bertz CT molecular complexity index is 892. The van der Waals surface area contributed by atoms with Crippen LogP contribution in [-0.2, 0) is 20.9 Å². The van der Waals surface area contributed by atoms with Gasteiger partial charge in [0, 0.05) is 26.1 Å². The second kappa shape index (κ2) is 25.7. The molecule has 0 radical (unpaired) electrons. The largest absolute Gasteiger partial charge is 0.376 e. The lowest BCUT2D eigenvalue weighted by atomic mass is 10.0. The van der Waals surface area contributed by atoms with E-state index in [0.717, 1.165) is 50.8 Å². The molecule has 1 aromatic carbocycles. The second-order valence-corrected chi connectivity index (χ2v) is 11.2. The average molecular weight is 621 g/mol. The molecule has 252 valence electrons. The number of rotatable bonds is 27. The highest BCUT2D eigenvalue weighted by Crippen LogP contribution is 2.08. The molecule has 0 fully saturated rings. The fourth-order valence-corrected chi connectivity index (χ4v) is 4.89. The number of hydrogen-bond donors (Lipinski definition) is 9. The van der Waals surface area contributed by atoms with Gasteiger partial charge in [-0.2, -0.15) is 0 Å². The number of unbranched alkanes of at least 4 members (excludes halogenated alkanes) is 3. The molecular weight excluding hydrogens is 560 g/mol. The summed E-state index contributed by atoms with van der Waals surface area (Å²) in [5, 5.41) is 35.3. The van der Waals surface area contributed by atoms with Crippen molar-refractivity contribution in [3.8, 4) is 0 Å². The molecule has 12 heteroatoms. The number of likely N-dealkylation sites (N-methyl/N-ethyl adjacent to an activating group) is 2. The van der Waals surface area contributed by atoms with Crippen LogP contribution in [0.15, 0.2) is 30.3 Å². The third kappa shape index (κ3) is 18.3. The predicted octanol–water partition coefficient (Wildman–Crippen LogP) is 0.328. The molecule has 0 saturated heterocycles. The molecule has 0 aliphatic carbocycles. The second-order valence-electron chi connectivity index (χ2n) is 11.2. The minimum Gasteiger partial charge on any atom is -0.376 e. The van der Waals surface area contributed by atoms with Gasteiger partial charge < -0.3 is 42.3 Å². The van der Waals surface area contributed by atoms with Gasteiger partial charge in [0.25, 0.3) is 0 Å². The summed E-state index contributed by atoms with van der Waals surface area (Å²) in [5.41, 5.74) is 1.02. The van der Waals surface area contributed by atoms with Crippen LogP contribution in [0, 0.1) is 0 Å². The van der Waals surface area contributed by atoms with Crippen molar-refractivity contribution in [2.75, 3.05) is 54.4 Å². The Hall–Kier alpha value is -2.61. The lowest BCUT2D eigenvalue weighted by molar-refractivity contribution is -0.125. The van der Waals surface area contributed by atoms with Gasteiger partial charge in [0.15, 0.2) is 0 Å². The molecule has 0 spiro atoms. The Morgan fingerprint density at radius 2 is 1.25 bits per heavy atom. The fourth-order valence-electron chi connectivity index (χ4n) is 4.89. The van der Waals surface area contributed by atoms with Crippen LogP contribution in [0.3, 0.4) is 0 Å². The van der Waals surface area contributed by atoms with Crippen LogP contribution in [0.1, 0.15) is 69.8 Å². The van der Waals surface area contributed by atoms with Gasteiger partial charge in [0.2, 0.25) is 17.7 Å². The lowest BCUT2D eigenvalue weighted by Crippen LogP contribution is -2.54. The summed E-state index contributed by atoms with van der Waals surface area (Å²) in [4.78, 5) is 38.0. The number of carbonyl (C=O) groups excluding carboxylic acids is 3. The van der Waals surface area contributed by atoms with Crippen LogP contribution in [-0.4, -0.2) is 102 Å². The van der Waals surface area contributed by atoms with Crippen molar-refractivity contribution >= 4 is 17.7 Å². The standard InChI is InChI=1S/C32H60N8O4/c1-33-20-11-8-16-26(35-3)30(42)37-22-13-10-18-28(40-32(44)27(36-4)17-9-12-21-34-2)31(43)38-23-19-29(41)39-24-25-14-6-5-7-15-25/h5-7,14-15,26-28,31,33-36,38,43H,8-13,16-24H2,1-4H3,(H,37,42)(H,39,41)(H,40,44)/t26-,27-,28-,31?/m0/s1. The average Bonchev–Trinajstić information content (AvgIpc) is 3.03. The van der Waals surface area contributed by atoms with Crippen LogP contribution in [0.25, 0.3) is 0 Å². The first kappa shape index (κ1) is 39.4. The molecule has 44 heavy (non-hydrogen) atoms. The molecular formula is C32H60N8O4. The van der Waals surface area contributed by atoms with Gasteiger partial charge in [0.1, 0.15) is 6.23 Å². The van der Waals surface area contributed by atoms with Crippen molar-refractivity contribution in [1.82, 2.24) is 42.5 Å². The summed E-state index contributed by atoms with van der Waals surface area (Å²) in [6.45, 7) is 3.06. The monoisotopic (exact) mass is 620 g/mol. The molecule has 0 saturated carbocycles. The highest BCUT2D eigenvalue weighted by molar-refractivity contribution is 5.82. The molecule has 4 atom stereocenters. The van der Waals surface area contributed by atoms with Crippen molar-refractivity contribution in [3.05, 3.63) is 35.9 Å². The Kier molecular flexibility index (Phi) is 23.0. The zero-order chi connectivity index (χ0) is 32.4. The van der Waals surface area contributed by atoms with Crippen LogP contribution in [0.4, 0.5) is 0 Å². The third-order valence-corrected chi connectivity index (χ3v) is 7.66. The summed E-state index contributed by atoms with van der Waals surface area (Å²) >= 11 is 0. The van der Waals surface area contributed by atoms with Crippen molar-refractivity contribution < 1.29 is 19.5 Å². The normalized spacial score (nSPS) is 13.9. The minimum absolute atomic E-state index is 0.0100. The molecule has 0 aliphatic heterocycles. The zero-order valence-electron chi connectivity index (χ0n) is 27.5. The Morgan fingerprint density at radius 3 is 1.84 bits per heavy atom. The smallest absolute Gasteiger partial charge is 0.237 e. The van der Waals surface area contributed by atoms with Crippen molar-refractivity contribution in [1.29, 1.82) is 0 Å². The van der Waals surface area contributed by atoms with E-state index in [1.807, 2.05) is 44.4 Å². The number of amides is 3. The molecule has 0 aromatic heterocycles. The molecule has 12 nitrogen and oxygen atoms in total. The van der Waals surface area contributed by atoms with E-state index in [-0.39, 0.29) is 42.8 Å². The van der Waals surface area contributed by atoms with E-state index in [1.54, 1.807) is 14.1 Å². The predicted molar refractivity (Wildman–Crippen MR) is 177 cm³/mol. The molecule has 1 aromatic rings. The van der Waals surface area contributed by atoms with Crippen molar-refractivity contribution in [2.45, 2.75) is 95.1 Å². The summed E-state index contributed by atoms with van der Waals surface area (Å²) in [7, 11) is 7.40. The number of nitrogens with one attached hydrogen (secondary N) is 8. The first-order valence-corrected chi connectivity index (χ1v) is 16.3. The number of benzene rings is 1. The van der Waals surface area contributed by atoms with E-state index in [2.05, 4.69) is 42.5 Å². The Morgan fingerprint density at radius 1 is 0.682 bits per heavy atom. The van der Waals surface area contributed by atoms with E-state index in [1.165, 1.54) is 0 Å². The summed E-state index contributed by atoms with van der Waals surface area (Å²) in [6.07, 6.45) is 6.42. The quantitative estimate of drug-likeness (QED) is 0.0497. The van der Waals surface area contributed by atoms with Crippen LogP contribution < -0.4 is 42.5 Å². The maximum Gasteiger partial charge on any atom is 0.237 e. The highest BCUT2D eigenvalue weighted by Gasteiger charge is 2.25. The van der Waals surface area contributed by atoms with Crippen molar-refractivity contribution in [3.63, 3.8) is 0 Å². The van der Waals surface area contributed by atoms with E-state index >= 15 is 0 Å². The zero-order valence-corrected chi connectivity index (χ0v) is 27.5. The Balaban J connectivity index is 2.59. The van der Waals surface area contributed by atoms with Gasteiger partial charge in [-0.1, -0.05) is 43.2 Å². The molecule has 3 amide bonds. The van der Waals surface area contributed by atoms with E-state index < -0.39 is 12.3 Å². The number of carbonyl (C=O) groups is 3. The van der Waals surface area contributed by atoms with Gasteiger partial charge in [0.05, 0.1) is 18.1 Å². The Labute approximate surface area is 265 Å². The maximum absolute atomic E-state index is 13.1. The topological polar surface area (TPSA) is 168 Å². The first-order valence-electron chi connectivity index (χ1n) is 16.3. The molecule has 1 rings (SSSR count). The number of aliphatic hydroxyl groups excluding tert-OH is 1. The fraction of sp³-hybridized carbons (Fsp3) is 0.719. The molecule has 0 aliphatic rings. The maximum atomic E-state index is 13.1.